The molecule has 176 valence electrons. The Morgan fingerprint density at radius 2 is 1.74 bits per heavy atom. The van der Waals surface area contributed by atoms with E-state index >= 15 is 0 Å². The molecule has 0 unspecified atom stereocenters. The number of nitrogens with zero attached hydrogens (tertiary/aromatic N) is 6. The molecule has 0 aliphatic heterocycles. The number of hydrogen-bond acceptors (Lipinski definition) is 5. The second-order valence-electron chi connectivity index (χ2n) is 8.56. The first-order chi connectivity index (χ1) is 17.1. The Kier molecular flexibility index (Phi) is 6.10. The van der Waals surface area contributed by atoms with Gasteiger partial charge in [-0.2, -0.15) is 0 Å². The third-order valence-electron chi connectivity index (χ3n) is 6.22. The van der Waals surface area contributed by atoms with Gasteiger partial charge >= 0.3 is 5.97 Å². The van der Waals surface area contributed by atoms with Crippen molar-refractivity contribution in [3.63, 3.8) is 0 Å². The van der Waals surface area contributed by atoms with Crippen LogP contribution in [-0.2, 0) is 20.0 Å². The molecule has 8 heteroatoms. The summed E-state index contributed by atoms with van der Waals surface area (Å²) in [4.78, 5) is 16.7. The third kappa shape index (κ3) is 4.30. The molecular weight excluding hydrogens is 440 g/mol. The van der Waals surface area contributed by atoms with Crippen LogP contribution in [0.5, 0.6) is 0 Å². The van der Waals surface area contributed by atoms with E-state index in [9.17, 15) is 9.90 Å². The molecule has 0 amide bonds. The molecule has 5 rings (SSSR count). The minimum atomic E-state index is -0.941. The molecular formula is C27H26N6O2. The highest BCUT2D eigenvalue weighted by atomic mass is 16.4. The lowest BCUT2D eigenvalue weighted by molar-refractivity contribution is 0.0698. The fourth-order valence-electron chi connectivity index (χ4n) is 4.46. The van der Waals surface area contributed by atoms with Crippen molar-refractivity contribution in [1.82, 2.24) is 29.8 Å². The smallest absolute Gasteiger partial charge is 0.337 e. The van der Waals surface area contributed by atoms with E-state index in [1.54, 1.807) is 16.8 Å². The Bertz CT molecular complexity index is 1500. The monoisotopic (exact) mass is 466 g/mol. The van der Waals surface area contributed by atoms with Crippen LogP contribution in [0.4, 0.5) is 0 Å². The molecule has 0 spiro atoms. The molecule has 2 heterocycles. The zero-order valence-corrected chi connectivity index (χ0v) is 19.7. The number of carbonyl (C=O) groups is 1. The number of carboxylic acids is 1. The predicted molar refractivity (Wildman–Crippen MR) is 134 cm³/mol. The summed E-state index contributed by atoms with van der Waals surface area (Å²) < 4.78 is 3.72. The molecule has 0 atom stereocenters. The Hall–Kier alpha value is -4.33. The number of aromatic nitrogens is 6. The van der Waals surface area contributed by atoms with Crippen molar-refractivity contribution >= 4 is 17.0 Å². The van der Waals surface area contributed by atoms with Crippen LogP contribution >= 0.6 is 0 Å². The molecule has 0 aliphatic carbocycles. The van der Waals surface area contributed by atoms with E-state index in [0.29, 0.717) is 17.9 Å². The van der Waals surface area contributed by atoms with E-state index in [4.69, 9.17) is 4.98 Å². The first-order valence-electron chi connectivity index (χ1n) is 11.7. The average Bonchev–Trinajstić information content (AvgIpc) is 3.46. The van der Waals surface area contributed by atoms with Crippen molar-refractivity contribution in [2.45, 2.75) is 32.7 Å². The number of aromatic carboxylic acids is 1. The van der Waals surface area contributed by atoms with Gasteiger partial charge in [-0.3, -0.25) is 0 Å². The number of carboxylic acid groups (broad SMARTS) is 1. The zero-order valence-electron chi connectivity index (χ0n) is 19.7. The molecule has 3 aromatic carbocycles. The number of benzene rings is 3. The van der Waals surface area contributed by atoms with Gasteiger partial charge in [0.1, 0.15) is 5.82 Å². The molecule has 0 radical (unpaired) electrons. The van der Waals surface area contributed by atoms with E-state index in [0.717, 1.165) is 52.9 Å². The van der Waals surface area contributed by atoms with E-state index in [-0.39, 0.29) is 5.56 Å². The lowest BCUT2D eigenvalue weighted by Crippen LogP contribution is -2.08. The summed E-state index contributed by atoms with van der Waals surface area (Å²) in [5.74, 6) is 0.681. The number of rotatable bonds is 8. The highest BCUT2D eigenvalue weighted by Crippen LogP contribution is 2.31. The minimum Gasteiger partial charge on any atom is -0.478 e. The quantitative estimate of drug-likeness (QED) is 0.346. The van der Waals surface area contributed by atoms with Gasteiger partial charge < -0.3 is 9.67 Å². The Morgan fingerprint density at radius 1 is 0.971 bits per heavy atom. The number of fused-ring (bicyclic) bond motifs is 1. The molecule has 0 saturated carbocycles. The molecule has 0 bridgehead atoms. The maximum atomic E-state index is 11.9. The summed E-state index contributed by atoms with van der Waals surface area (Å²) in [7, 11) is 1.83. The van der Waals surface area contributed by atoms with Crippen molar-refractivity contribution in [3.05, 3.63) is 83.7 Å². The lowest BCUT2D eigenvalue weighted by Gasteiger charge is -2.12. The number of tetrazole rings is 1. The number of aryl methyl sites for hydroxylation is 2. The maximum absolute atomic E-state index is 11.9. The number of hydrogen-bond donors (Lipinski definition) is 1. The molecule has 35 heavy (non-hydrogen) atoms. The fraction of sp³-hybridized carbons (Fsp3) is 0.222. The standard InChI is InChI=1S/C27H26N6O2/c1-3-4-12-24-28-23-11-7-10-22(27(34)35)25(23)33(24)17-18-13-15-19(16-14-18)20-8-5-6-9-21(20)26-29-30-31-32(26)2/h5-11,13-16H,3-4,12,17H2,1-2H3,(H,34,35). The van der Waals surface area contributed by atoms with Crippen molar-refractivity contribution in [1.29, 1.82) is 0 Å². The van der Waals surface area contributed by atoms with Crippen LogP contribution in [0.2, 0.25) is 0 Å². The van der Waals surface area contributed by atoms with Crippen LogP contribution < -0.4 is 0 Å². The van der Waals surface area contributed by atoms with Crippen molar-refractivity contribution in [3.8, 4) is 22.5 Å². The molecule has 2 aromatic heterocycles. The van der Waals surface area contributed by atoms with Crippen molar-refractivity contribution in [2.24, 2.45) is 7.05 Å². The minimum absolute atomic E-state index is 0.278. The summed E-state index contributed by atoms with van der Waals surface area (Å²) >= 11 is 0. The highest BCUT2D eigenvalue weighted by Gasteiger charge is 2.18. The first kappa shape index (κ1) is 22.5. The van der Waals surface area contributed by atoms with Gasteiger partial charge in [0, 0.05) is 25.6 Å². The maximum Gasteiger partial charge on any atom is 0.337 e. The van der Waals surface area contributed by atoms with Crippen LogP contribution in [0.25, 0.3) is 33.5 Å². The summed E-state index contributed by atoms with van der Waals surface area (Å²) in [6.07, 6.45) is 2.85. The van der Waals surface area contributed by atoms with Gasteiger partial charge in [-0.15, -0.1) is 5.10 Å². The van der Waals surface area contributed by atoms with E-state index < -0.39 is 5.97 Å². The van der Waals surface area contributed by atoms with Crippen LogP contribution in [0.1, 0.15) is 41.5 Å². The fourth-order valence-corrected chi connectivity index (χ4v) is 4.46. The topological polar surface area (TPSA) is 98.7 Å². The number of para-hydroxylation sites is 1. The van der Waals surface area contributed by atoms with Crippen LogP contribution in [0.3, 0.4) is 0 Å². The Labute approximate surface area is 202 Å². The van der Waals surface area contributed by atoms with Crippen LogP contribution in [0, 0.1) is 0 Å². The molecule has 1 N–H and O–H groups in total. The number of imidazole rings is 1. The van der Waals surface area contributed by atoms with E-state index in [1.807, 2.05) is 31.3 Å². The van der Waals surface area contributed by atoms with Gasteiger partial charge in [0.15, 0.2) is 5.82 Å². The highest BCUT2D eigenvalue weighted by molar-refractivity contribution is 6.01. The summed E-state index contributed by atoms with van der Waals surface area (Å²) in [6, 6.07) is 21.7. The van der Waals surface area contributed by atoms with Crippen LogP contribution in [-0.4, -0.2) is 40.8 Å². The second-order valence-corrected chi connectivity index (χ2v) is 8.56. The summed E-state index contributed by atoms with van der Waals surface area (Å²) in [5, 5.41) is 21.7. The SMILES string of the molecule is CCCCc1nc2cccc(C(=O)O)c2n1Cc1ccc(-c2ccccc2-c2nnnn2C)cc1. The van der Waals surface area contributed by atoms with Gasteiger partial charge in [0.25, 0.3) is 0 Å². The largest absolute Gasteiger partial charge is 0.478 e. The van der Waals surface area contributed by atoms with Gasteiger partial charge in [-0.05, 0) is 45.7 Å². The second kappa shape index (κ2) is 9.50. The van der Waals surface area contributed by atoms with Gasteiger partial charge in [0.05, 0.1) is 16.6 Å². The summed E-state index contributed by atoms with van der Waals surface area (Å²) in [5.41, 5.74) is 5.81. The molecule has 0 fully saturated rings. The van der Waals surface area contributed by atoms with Crippen molar-refractivity contribution < 1.29 is 9.90 Å². The molecule has 0 saturated heterocycles. The summed E-state index contributed by atoms with van der Waals surface area (Å²) in [6.45, 7) is 2.69. The van der Waals surface area contributed by atoms with E-state index in [1.165, 1.54) is 0 Å². The Morgan fingerprint density at radius 3 is 2.43 bits per heavy atom. The lowest BCUT2D eigenvalue weighted by atomic mass is 9.98. The molecule has 0 aliphatic rings. The first-order valence-corrected chi connectivity index (χ1v) is 11.7. The molecule has 8 nitrogen and oxygen atoms in total. The Balaban J connectivity index is 1.52. The third-order valence-corrected chi connectivity index (χ3v) is 6.22. The van der Waals surface area contributed by atoms with Gasteiger partial charge in [-0.1, -0.05) is 67.9 Å². The molecule has 5 aromatic rings. The predicted octanol–water partition coefficient (Wildman–Crippen LogP) is 4.98. The zero-order chi connectivity index (χ0) is 24.4. The normalized spacial score (nSPS) is 11.3. The van der Waals surface area contributed by atoms with Crippen molar-refractivity contribution in [2.75, 3.05) is 0 Å². The van der Waals surface area contributed by atoms with Crippen LogP contribution in [0.15, 0.2) is 66.7 Å². The number of unbranched alkanes of at least 4 members (excludes halogenated alkanes) is 1. The van der Waals surface area contributed by atoms with Gasteiger partial charge in [0.2, 0.25) is 0 Å². The van der Waals surface area contributed by atoms with E-state index in [2.05, 4.69) is 57.3 Å². The van der Waals surface area contributed by atoms with Gasteiger partial charge in [-0.25, -0.2) is 14.5 Å². The average molecular weight is 467 g/mol.